The molecule has 0 fully saturated rings. The van der Waals surface area contributed by atoms with E-state index in [-0.39, 0.29) is 5.75 Å². The minimum Gasteiger partial charge on any atom is -0.871 e. The molecule has 0 bridgehead atoms. The van der Waals surface area contributed by atoms with Crippen LogP contribution in [-0.2, 0) is 0 Å². The van der Waals surface area contributed by atoms with Gasteiger partial charge in [0.05, 0.1) is 0 Å². The molecule has 0 saturated carbocycles. The van der Waals surface area contributed by atoms with Gasteiger partial charge in [-0.25, -0.2) is 0 Å². The van der Waals surface area contributed by atoms with Gasteiger partial charge in [-0.1, -0.05) is 47.2 Å². The molecule has 0 heterocycles. The van der Waals surface area contributed by atoms with Crippen molar-refractivity contribution in [3.8, 4) is 5.75 Å². The monoisotopic (exact) mass is 284 g/mol. The van der Waals surface area contributed by atoms with Crippen molar-refractivity contribution in [1.29, 1.82) is 0 Å². The predicted molar refractivity (Wildman–Crippen MR) is 71.4 cm³/mol. The van der Waals surface area contributed by atoms with Crippen molar-refractivity contribution in [3.63, 3.8) is 0 Å². The average molecular weight is 285 g/mol. The zero-order valence-corrected chi connectivity index (χ0v) is 11.9. The number of alkyl halides is 1. The largest absolute Gasteiger partial charge is 0.871 e. The van der Waals surface area contributed by atoms with Crippen molar-refractivity contribution in [2.75, 3.05) is 11.9 Å². The van der Waals surface area contributed by atoms with Crippen LogP contribution in [0.1, 0.15) is 25.0 Å². The Bertz CT molecular complexity index is 363. The van der Waals surface area contributed by atoms with Crippen LogP contribution in [0, 0.1) is 19.8 Å². The summed E-state index contributed by atoms with van der Waals surface area (Å²) in [6.45, 7) is 8.94. The molecule has 1 rings (SSSR count). The fourth-order valence-corrected chi connectivity index (χ4v) is 1.69. The van der Waals surface area contributed by atoms with Crippen molar-refractivity contribution in [3.05, 3.63) is 23.3 Å². The van der Waals surface area contributed by atoms with Gasteiger partial charge in [0.25, 0.3) is 0 Å². The lowest BCUT2D eigenvalue weighted by atomic mass is 10.1. The number of anilines is 1. The quantitative estimate of drug-likeness (QED) is 0.862. The van der Waals surface area contributed by atoms with Crippen molar-refractivity contribution in [2.24, 2.45) is 5.92 Å². The number of nitrogens with one attached hydrogen (secondary N) is 1. The van der Waals surface area contributed by atoms with E-state index in [0.29, 0.717) is 16.4 Å². The molecule has 0 aliphatic carbocycles. The van der Waals surface area contributed by atoms with Crippen LogP contribution >= 0.6 is 15.9 Å². The second-order valence-electron chi connectivity index (χ2n) is 4.60. The molecule has 2 nitrogen and oxygen atoms in total. The maximum Gasteiger partial charge on any atom is 0.0341 e. The number of rotatable bonds is 4. The zero-order valence-electron chi connectivity index (χ0n) is 10.3. The summed E-state index contributed by atoms with van der Waals surface area (Å²) in [6, 6.07) is 3.83. The summed E-state index contributed by atoms with van der Waals surface area (Å²) in [5.74, 6) is 0.655. The maximum atomic E-state index is 11.8. The third-order valence-electron chi connectivity index (χ3n) is 2.63. The van der Waals surface area contributed by atoms with Crippen LogP contribution < -0.4 is 10.4 Å². The molecule has 90 valence electrons. The van der Waals surface area contributed by atoms with E-state index in [1.165, 1.54) is 0 Å². The molecule has 0 radical (unpaired) electrons. The fourth-order valence-electron chi connectivity index (χ4n) is 1.53. The van der Waals surface area contributed by atoms with Crippen LogP contribution in [-0.4, -0.2) is 11.4 Å². The standard InChI is InChI=1S/C13H20BrNO/c1-8(2)11(14)7-15-12-6-9(3)5-10(4)13(12)16/h5-6,8,11,15-16H,7H2,1-4H3/p-1/t11-/m0/s1. The van der Waals surface area contributed by atoms with Gasteiger partial charge in [-0.2, -0.15) is 0 Å². The molecule has 0 saturated heterocycles. The van der Waals surface area contributed by atoms with Crippen LogP contribution in [0.3, 0.4) is 0 Å². The summed E-state index contributed by atoms with van der Waals surface area (Å²) in [7, 11) is 0. The number of aryl methyl sites for hydroxylation is 2. The van der Waals surface area contributed by atoms with Crippen LogP contribution in [0.4, 0.5) is 5.69 Å². The van der Waals surface area contributed by atoms with Gasteiger partial charge in [0.1, 0.15) is 0 Å². The van der Waals surface area contributed by atoms with E-state index >= 15 is 0 Å². The Morgan fingerprint density at radius 2 is 1.94 bits per heavy atom. The van der Waals surface area contributed by atoms with Crippen molar-refractivity contribution < 1.29 is 5.11 Å². The lowest BCUT2D eigenvalue weighted by Gasteiger charge is -2.21. The summed E-state index contributed by atoms with van der Waals surface area (Å²) in [4.78, 5) is 0.382. The molecular formula is C13H19BrNO-. The normalized spacial score (nSPS) is 12.9. The Kier molecular flexibility index (Phi) is 4.66. The molecule has 0 aliphatic heterocycles. The summed E-state index contributed by atoms with van der Waals surface area (Å²) in [6.07, 6.45) is 0. The van der Waals surface area contributed by atoms with E-state index in [4.69, 9.17) is 0 Å². The highest BCUT2D eigenvalue weighted by atomic mass is 79.9. The zero-order chi connectivity index (χ0) is 12.3. The molecular weight excluding hydrogens is 266 g/mol. The molecule has 0 aliphatic rings. The number of halogens is 1. The van der Waals surface area contributed by atoms with E-state index in [0.717, 1.165) is 17.7 Å². The van der Waals surface area contributed by atoms with Crippen LogP contribution in [0.2, 0.25) is 0 Å². The van der Waals surface area contributed by atoms with Gasteiger partial charge in [-0.3, -0.25) is 0 Å². The number of benzene rings is 1. The van der Waals surface area contributed by atoms with Gasteiger partial charge in [-0.15, -0.1) is 0 Å². The third-order valence-corrected chi connectivity index (χ3v) is 4.01. The Balaban J connectivity index is 2.74. The molecule has 0 amide bonds. The molecule has 1 N–H and O–H groups in total. The molecule has 0 aromatic heterocycles. The SMILES string of the molecule is Cc1cc(C)c([O-])c(NC[C@H](Br)C(C)C)c1. The van der Waals surface area contributed by atoms with E-state index in [2.05, 4.69) is 35.1 Å². The molecule has 1 aromatic rings. The molecule has 1 atom stereocenters. The molecule has 1 aromatic carbocycles. The van der Waals surface area contributed by atoms with Crippen LogP contribution in [0.5, 0.6) is 5.75 Å². The highest BCUT2D eigenvalue weighted by Crippen LogP contribution is 2.26. The Hall–Kier alpha value is -0.700. The van der Waals surface area contributed by atoms with Gasteiger partial charge in [0, 0.05) is 17.1 Å². The molecule has 16 heavy (non-hydrogen) atoms. The fraction of sp³-hybridized carbons (Fsp3) is 0.538. The minimum absolute atomic E-state index is 0.106. The van der Waals surface area contributed by atoms with Crippen LogP contribution in [0.25, 0.3) is 0 Å². The smallest absolute Gasteiger partial charge is 0.0341 e. The second-order valence-corrected chi connectivity index (χ2v) is 5.78. The Morgan fingerprint density at radius 1 is 1.31 bits per heavy atom. The average Bonchev–Trinajstić information content (AvgIpc) is 2.20. The Morgan fingerprint density at radius 3 is 2.50 bits per heavy atom. The maximum absolute atomic E-state index is 11.8. The van der Waals surface area contributed by atoms with E-state index in [9.17, 15) is 5.11 Å². The van der Waals surface area contributed by atoms with Gasteiger partial charge >= 0.3 is 0 Å². The number of hydrogen-bond acceptors (Lipinski definition) is 2. The summed E-state index contributed by atoms with van der Waals surface area (Å²) in [5.41, 5.74) is 2.64. The van der Waals surface area contributed by atoms with Crippen molar-refractivity contribution in [2.45, 2.75) is 32.5 Å². The van der Waals surface area contributed by atoms with Gasteiger partial charge < -0.3 is 10.4 Å². The number of hydrogen-bond donors (Lipinski definition) is 1. The topological polar surface area (TPSA) is 35.1 Å². The lowest BCUT2D eigenvalue weighted by Crippen LogP contribution is -2.19. The van der Waals surface area contributed by atoms with E-state index in [1.54, 1.807) is 0 Å². The predicted octanol–water partition coefficient (Wildman–Crippen LogP) is 3.21. The molecule has 0 spiro atoms. The summed E-state index contributed by atoms with van der Waals surface area (Å²) in [5, 5.41) is 15.0. The van der Waals surface area contributed by atoms with Crippen LogP contribution in [0.15, 0.2) is 12.1 Å². The first-order valence-electron chi connectivity index (χ1n) is 5.58. The van der Waals surface area contributed by atoms with Gasteiger partial charge in [-0.05, 0) is 31.4 Å². The second kappa shape index (κ2) is 5.58. The van der Waals surface area contributed by atoms with Gasteiger partial charge in [0.15, 0.2) is 0 Å². The first-order valence-corrected chi connectivity index (χ1v) is 6.49. The first-order chi connectivity index (χ1) is 7.41. The lowest BCUT2D eigenvalue weighted by molar-refractivity contribution is -0.268. The highest BCUT2D eigenvalue weighted by molar-refractivity contribution is 9.09. The third kappa shape index (κ3) is 3.41. The molecule has 0 unspecified atom stereocenters. The highest BCUT2D eigenvalue weighted by Gasteiger charge is 2.08. The molecule has 3 heteroatoms. The van der Waals surface area contributed by atoms with Crippen molar-refractivity contribution >= 4 is 21.6 Å². The Labute approximate surface area is 106 Å². The minimum atomic E-state index is 0.106. The summed E-state index contributed by atoms with van der Waals surface area (Å²) >= 11 is 3.60. The summed E-state index contributed by atoms with van der Waals surface area (Å²) < 4.78 is 0. The van der Waals surface area contributed by atoms with E-state index < -0.39 is 0 Å². The van der Waals surface area contributed by atoms with Gasteiger partial charge in [0.2, 0.25) is 0 Å². The first kappa shape index (κ1) is 13.4. The van der Waals surface area contributed by atoms with Crippen molar-refractivity contribution in [1.82, 2.24) is 0 Å². The van der Waals surface area contributed by atoms with E-state index in [1.807, 2.05) is 26.0 Å².